The van der Waals surface area contributed by atoms with Crippen molar-refractivity contribution >= 4 is 0 Å². The summed E-state index contributed by atoms with van der Waals surface area (Å²) in [4.78, 5) is 4.34. The van der Waals surface area contributed by atoms with E-state index in [0.29, 0.717) is 5.41 Å². The fraction of sp³-hybridized carbons (Fsp3) is 0.600. The maximum Gasteiger partial charge on any atom is 0.0951 e. The molecule has 0 radical (unpaired) electrons. The van der Waals surface area contributed by atoms with Gasteiger partial charge in [0.2, 0.25) is 0 Å². The molecule has 0 spiro atoms. The first-order valence-corrected chi connectivity index (χ1v) is 7.44. The Labute approximate surface area is 120 Å². The molecule has 1 aliphatic rings. The molecule has 0 saturated carbocycles. The largest absolute Gasteiger partial charge is 0.330 e. The van der Waals surface area contributed by atoms with Crippen molar-refractivity contribution in [2.45, 2.75) is 39.8 Å². The Morgan fingerprint density at radius 1 is 1.30 bits per heavy atom. The number of rotatable bonds is 4. The Morgan fingerprint density at radius 2 is 2.10 bits per heavy atom. The standard InChI is InChI=1S/C15H23N5/c1-3-20-10-13(8-18-20)14-9-17-12-19(14)11-15(2)4-6-16-7-5-15/h8-10,12,16H,3-7,11H2,1-2H3. The molecule has 1 fully saturated rings. The molecule has 0 atom stereocenters. The molecule has 3 rings (SSSR count). The first kappa shape index (κ1) is 13.4. The number of nitrogens with one attached hydrogen (secondary N) is 1. The fourth-order valence-corrected chi connectivity index (χ4v) is 2.96. The highest BCUT2D eigenvalue weighted by molar-refractivity contribution is 5.56. The number of imidazole rings is 1. The van der Waals surface area contributed by atoms with E-state index in [2.05, 4.69) is 40.0 Å². The topological polar surface area (TPSA) is 47.7 Å². The normalized spacial score (nSPS) is 18.3. The van der Waals surface area contributed by atoms with E-state index in [9.17, 15) is 0 Å². The van der Waals surface area contributed by atoms with Crippen LogP contribution < -0.4 is 5.32 Å². The molecule has 20 heavy (non-hydrogen) atoms. The summed E-state index contributed by atoms with van der Waals surface area (Å²) in [6.07, 6.45) is 10.4. The van der Waals surface area contributed by atoms with Gasteiger partial charge >= 0.3 is 0 Å². The lowest BCUT2D eigenvalue weighted by molar-refractivity contribution is 0.195. The fourth-order valence-electron chi connectivity index (χ4n) is 2.96. The number of aryl methyl sites for hydroxylation is 1. The van der Waals surface area contributed by atoms with Crippen LogP contribution in [0.1, 0.15) is 26.7 Å². The summed E-state index contributed by atoms with van der Waals surface area (Å²) in [5.41, 5.74) is 2.69. The van der Waals surface area contributed by atoms with Gasteiger partial charge in [-0.25, -0.2) is 4.98 Å². The lowest BCUT2D eigenvalue weighted by atomic mass is 9.81. The maximum atomic E-state index is 4.36. The minimum Gasteiger partial charge on any atom is -0.330 e. The number of aromatic nitrogens is 4. The van der Waals surface area contributed by atoms with Gasteiger partial charge in [0, 0.05) is 24.8 Å². The summed E-state index contributed by atoms with van der Waals surface area (Å²) in [5, 5.41) is 7.80. The van der Waals surface area contributed by atoms with Crippen LogP contribution >= 0.6 is 0 Å². The van der Waals surface area contributed by atoms with Crippen molar-refractivity contribution in [1.29, 1.82) is 0 Å². The van der Waals surface area contributed by atoms with E-state index in [1.165, 1.54) is 18.5 Å². The van der Waals surface area contributed by atoms with Gasteiger partial charge in [-0.15, -0.1) is 0 Å². The van der Waals surface area contributed by atoms with E-state index >= 15 is 0 Å². The van der Waals surface area contributed by atoms with Gasteiger partial charge in [0.05, 0.1) is 24.4 Å². The summed E-state index contributed by atoms with van der Waals surface area (Å²) >= 11 is 0. The van der Waals surface area contributed by atoms with E-state index in [0.717, 1.165) is 31.7 Å². The molecule has 0 aromatic carbocycles. The van der Waals surface area contributed by atoms with Crippen LogP contribution in [0.2, 0.25) is 0 Å². The van der Waals surface area contributed by atoms with Crippen molar-refractivity contribution in [3.8, 4) is 11.3 Å². The molecule has 0 aliphatic carbocycles. The second-order valence-electron chi connectivity index (χ2n) is 6.05. The number of hydrogen-bond acceptors (Lipinski definition) is 3. The van der Waals surface area contributed by atoms with Gasteiger partial charge in [-0.05, 0) is 38.3 Å². The minimum absolute atomic E-state index is 0.363. The van der Waals surface area contributed by atoms with Gasteiger partial charge in [0.15, 0.2) is 0 Å². The van der Waals surface area contributed by atoms with Crippen molar-refractivity contribution in [2.75, 3.05) is 13.1 Å². The summed E-state index contributed by atoms with van der Waals surface area (Å²) in [5.74, 6) is 0. The zero-order valence-electron chi connectivity index (χ0n) is 12.3. The Bertz CT molecular complexity index is 562. The van der Waals surface area contributed by atoms with Crippen LogP contribution in [0.4, 0.5) is 0 Å². The van der Waals surface area contributed by atoms with Crippen molar-refractivity contribution in [3.05, 3.63) is 24.9 Å². The van der Waals surface area contributed by atoms with Gasteiger partial charge < -0.3 is 9.88 Å². The Balaban J connectivity index is 1.82. The molecular weight excluding hydrogens is 250 g/mol. The predicted octanol–water partition coefficient (Wildman–Crippen LogP) is 2.16. The zero-order chi connectivity index (χ0) is 14.0. The summed E-state index contributed by atoms with van der Waals surface area (Å²) < 4.78 is 4.24. The van der Waals surface area contributed by atoms with Crippen LogP contribution in [0.5, 0.6) is 0 Å². The molecule has 3 heterocycles. The molecule has 1 saturated heterocycles. The van der Waals surface area contributed by atoms with Crippen LogP contribution in [0, 0.1) is 5.41 Å². The van der Waals surface area contributed by atoms with E-state index < -0.39 is 0 Å². The minimum atomic E-state index is 0.363. The monoisotopic (exact) mass is 273 g/mol. The molecule has 0 unspecified atom stereocenters. The lowest BCUT2D eigenvalue weighted by Crippen LogP contribution is -2.37. The Hall–Kier alpha value is -1.62. The molecule has 0 bridgehead atoms. The molecule has 1 aliphatic heterocycles. The average molecular weight is 273 g/mol. The lowest BCUT2D eigenvalue weighted by Gasteiger charge is -2.34. The van der Waals surface area contributed by atoms with Gasteiger partial charge in [-0.2, -0.15) is 5.10 Å². The summed E-state index contributed by atoms with van der Waals surface area (Å²) in [6, 6.07) is 0. The smallest absolute Gasteiger partial charge is 0.0951 e. The Morgan fingerprint density at radius 3 is 2.80 bits per heavy atom. The third kappa shape index (κ3) is 2.63. The van der Waals surface area contributed by atoms with Crippen molar-refractivity contribution in [2.24, 2.45) is 5.41 Å². The molecule has 2 aromatic heterocycles. The van der Waals surface area contributed by atoms with E-state index in [4.69, 9.17) is 0 Å². The highest BCUT2D eigenvalue weighted by Gasteiger charge is 2.27. The SMILES string of the molecule is CCn1cc(-c2cncn2CC2(C)CCNCC2)cn1. The number of piperidine rings is 1. The molecule has 108 valence electrons. The first-order valence-electron chi connectivity index (χ1n) is 7.44. The summed E-state index contributed by atoms with van der Waals surface area (Å²) in [6.45, 7) is 8.65. The van der Waals surface area contributed by atoms with Crippen molar-refractivity contribution < 1.29 is 0 Å². The van der Waals surface area contributed by atoms with Crippen LogP contribution in [0.25, 0.3) is 11.3 Å². The first-order chi connectivity index (χ1) is 9.70. The predicted molar refractivity (Wildman–Crippen MR) is 79.3 cm³/mol. The second kappa shape index (κ2) is 5.40. The summed E-state index contributed by atoms with van der Waals surface area (Å²) in [7, 11) is 0. The van der Waals surface area contributed by atoms with Crippen molar-refractivity contribution in [1.82, 2.24) is 24.6 Å². The molecule has 2 aromatic rings. The highest BCUT2D eigenvalue weighted by Crippen LogP contribution is 2.31. The van der Waals surface area contributed by atoms with Crippen LogP contribution in [-0.4, -0.2) is 32.4 Å². The quantitative estimate of drug-likeness (QED) is 0.928. The van der Waals surface area contributed by atoms with E-state index in [1.54, 1.807) is 0 Å². The average Bonchev–Trinajstić information content (AvgIpc) is 3.07. The van der Waals surface area contributed by atoms with Gasteiger partial charge in [-0.3, -0.25) is 4.68 Å². The van der Waals surface area contributed by atoms with Gasteiger partial charge in [0.25, 0.3) is 0 Å². The molecule has 5 nitrogen and oxygen atoms in total. The highest BCUT2D eigenvalue weighted by atomic mass is 15.3. The van der Waals surface area contributed by atoms with E-state index in [-0.39, 0.29) is 0 Å². The second-order valence-corrected chi connectivity index (χ2v) is 6.05. The number of hydrogen-bond donors (Lipinski definition) is 1. The third-order valence-electron chi connectivity index (χ3n) is 4.33. The number of nitrogens with zero attached hydrogens (tertiary/aromatic N) is 4. The van der Waals surface area contributed by atoms with E-state index in [1.807, 2.05) is 23.4 Å². The van der Waals surface area contributed by atoms with Gasteiger partial charge in [0.1, 0.15) is 0 Å². The van der Waals surface area contributed by atoms with Crippen molar-refractivity contribution in [3.63, 3.8) is 0 Å². The van der Waals surface area contributed by atoms with Crippen LogP contribution in [-0.2, 0) is 13.1 Å². The van der Waals surface area contributed by atoms with Gasteiger partial charge in [-0.1, -0.05) is 6.92 Å². The third-order valence-corrected chi connectivity index (χ3v) is 4.33. The van der Waals surface area contributed by atoms with Crippen LogP contribution in [0.15, 0.2) is 24.9 Å². The molecule has 5 heteroatoms. The van der Waals surface area contributed by atoms with Crippen LogP contribution in [0.3, 0.4) is 0 Å². The maximum absolute atomic E-state index is 4.36. The zero-order valence-corrected chi connectivity index (χ0v) is 12.3. The molecule has 0 amide bonds. The Kier molecular flexibility index (Phi) is 3.61. The molecular formula is C15H23N5. The molecule has 1 N–H and O–H groups in total.